The average molecular weight is 1240 g/mol. The Bertz CT molecular complexity index is 2630. The van der Waals surface area contributed by atoms with E-state index in [-0.39, 0.29) is 52.0 Å². The Labute approximate surface area is 472 Å². The molecule has 0 saturated heterocycles. The van der Waals surface area contributed by atoms with Crippen LogP contribution in [0.1, 0.15) is 73.3 Å². The molecule has 4 nitrogen and oxygen atoms in total. The number of amides is 2. The second-order valence-electron chi connectivity index (χ2n) is 17.1. The van der Waals surface area contributed by atoms with Crippen LogP contribution in [0.5, 0.6) is 0 Å². The number of carbonyl (C=O) groups is 2. The van der Waals surface area contributed by atoms with Crippen molar-refractivity contribution in [3.8, 4) is 11.8 Å². The molecule has 0 radical (unpaired) electrons. The van der Waals surface area contributed by atoms with E-state index >= 15 is 0 Å². The van der Waals surface area contributed by atoms with Gasteiger partial charge in [-0.1, -0.05) is 227 Å². The normalized spacial score (nSPS) is 10.2. The van der Waals surface area contributed by atoms with Crippen LogP contribution < -0.4 is 42.5 Å². The molecule has 0 aliphatic rings. The fraction of sp³-hybridized carbons (Fsp3) is 0.175. The number of carbonyl (C=O) groups excluding carboxylic acids is 2. The standard InChI is InChI=1S/2C18H15P.C16H20FNO.C10H11BrFNO.CH4.2ClH.Pd/c2*1-4-10-16(11-5-1)19(17-12-6-2-7-13-17)18-14-8-3-9-15-18;1-5-7-15(19)18-14-9-6-8-13(17)12(14)10-11-16(2,3)4;1-2-4-9(14)13-8-6-3-5-7(12)10(8)11;;;;/h2*1-15H;6,8-9H,5,7H2,1-4H3,(H,18,19);3,5-6H,2,4H2,1H3,(H,13,14);1H4;2*1H;/q;;;;;;;+2/p-2. The third-order valence-electron chi connectivity index (χ3n) is 10.1. The molecular weight excluding hydrogens is 1170 g/mol. The summed E-state index contributed by atoms with van der Waals surface area (Å²) in [5.74, 6) is 4.81. The van der Waals surface area contributed by atoms with Crippen molar-refractivity contribution < 1.29 is 34.3 Å². The zero-order valence-corrected chi connectivity index (χ0v) is 48.5. The molecule has 0 unspecified atom stereocenters. The number of anilines is 2. The van der Waals surface area contributed by atoms with Crippen LogP contribution in [0.15, 0.2) is 223 Å². The molecule has 0 atom stereocenters. The minimum Gasteiger partial charge on any atom is -0.0622 e. The molecule has 0 heterocycles. The van der Waals surface area contributed by atoms with Crippen molar-refractivity contribution >= 4 is 106 Å². The summed E-state index contributed by atoms with van der Waals surface area (Å²) in [6.07, 6.45) is 2.40. The molecule has 8 rings (SSSR count). The van der Waals surface area contributed by atoms with Gasteiger partial charge in [0.1, 0.15) is 11.6 Å². The van der Waals surface area contributed by atoms with Crippen molar-refractivity contribution in [1.29, 1.82) is 0 Å². The van der Waals surface area contributed by atoms with Crippen LogP contribution in [0, 0.1) is 28.9 Å². The van der Waals surface area contributed by atoms with Gasteiger partial charge in [0.2, 0.25) is 11.8 Å². The van der Waals surface area contributed by atoms with E-state index in [0.29, 0.717) is 28.7 Å². The van der Waals surface area contributed by atoms with Gasteiger partial charge in [-0.15, -0.1) is 0 Å². The van der Waals surface area contributed by atoms with E-state index in [1.165, 1.54) is 44.0 Å². The van der Waals surface area contributed by atoms with Crippen LogP contribution in [0.4, 0.5) is 20.2 Å². The van der Waals surface area contributed by atoms with E-state index in [0.717, 1.165) is 12.8 Å². The fourth-order valence-electron chi connectivity index (χ4n) is 6.84. The Morgan fingerprint density at radius 3 is 1.07 bits per heavy atom. The number of nitrogens with one attached hydrogen (secondary N) is 2. The maximum atomic E-state index is 13.8. The molecule has 0 saturated carbocycles. The third-order valence-corrected chi connectivity index (χ3v) is 15.8. The fourth-order valence-corrected chi connectivity index (χ4v) is 11.8. The quantitative estimate of drug-likeness (QED) is 0.0728. The van der Waals surface area contributed by atoms with Crippen LogP contribution in [0.3, 0.4) is 0 Å². The molecule has 12 heteroatoms. The Morgan fingerprint density at radius 1 is 0.493 bits per heavy atom. The summed E-state index contributed by atoms with van der Waals surface area (Å²) >= 11 is 2.96. The molecule has 0 spiro atoms. The SMILES string of the molecule is C.CCCC(=O)Nc1cccc(F)c1Br.CCCC(=O)Nc1cccc(F)c1C#CC(C)(C)C.[Cl][Pd][Cl].c1ccc(P(c2ccccc2)c2ccccc2)cc1.c1ccc(P(c2ccccc2)c2ccccc2)cc1. The van der Waals surface area contributed by atoms with Crippen LogP contribution in [0.2, 0.25) is 0 Å². The van der Waals surface area contributed by atoms with Gasteiger partial charge in [0.05, 0.1) is 21.4 Å². The van der Waals surface area contributed by atoms with E-state index in [1.54, 1.807) is 24.3 Å². The molecule has 2 amide bonds. The summed E-state index contributed by atoms with van der Waals surface area (Å²) in [6.45, 7) is 9.70. The monoisotopic (exact) mass is 1240 g/mol. The van der Waals surface area contributed by atoms with E-state index in [2.05, 4.69) is 220 Å². The van der Waals surface area contributed by atoms with Crippen LogP contribution in [-0.4, -0.2) is 11.8 Å². The number of hydrogen-bond acceptors (Lipinski definition) is 2. The first kappa shape index (κ1) is 64.0. The molecule has 75 heavy (non-hydrogen) atoms. The van der Waals surface area contributed by atoms with Crippen LogP contribution in [-0.2, 0) is 25.5 Å². The molecular formula is C63H65BrCl2F2N2O2P2Pd. The van der Waals surface area contributed by atoms with Crippen molar-refractivity contribution in [2.45, 2.75) is 67.7 Å². The summed E-state index contributed by atoms with van der Waals surface area (Å²) in [6, 6.07) is 73.8. The predicted octanol–water partition coefficient (Wildman–Crippen LogP) is 16.2. The van der Waals surface area contributed by atoms with E-state index < -0.39 is 21.7 Å². The minimum atomic E-state index is -0.446. The number of benzene rings is 8. The predicted molar refractivity (Wildman–Crippen MR) is 323 cm³/mol. The molecule has 2 N–H and O–H groups in total. The largest absolute Gasteiger partial charge is 0.0622 e. The maximum absolute atomic E-state index is 13.8. The summed E-state index contributed by atoms with van der Waals surface area (Å²) in [5.41, 5.74) is 0.952. The van der Waals surface area contributed by atoms with Gasteiger partial charge in [-0.2, -0.15) is 0 Å². The smallest absolute Gasteiger partial charge is 0.0134 e. The molecule has 0 aliphatic carbocycles. The first-order valence-corrected chi connectivity index (χ1v) is 31.4. The van der Waals surface area contributed by atoms with E-state index in [4.69, 9.17) is 19.1 Å². The van der Waals surface area contributed by atoms with Crippen molar-refractivity contribution in [2.24, 2.45) is 5.41 Å². The van der Waals surface area contributed by atoms with Gasteiger partial charge in [-0.05, 0) is 121 Å². The molecule has 0 aliphatic heterocycles. The zero-order valence-electron chi connectivity index (χ0n) is 42.0. The number of hydrogen-bond donors (Lipinski definition) is 2. The van der Waals surface area contributed by atoms with Crippen molar-refractivity contribution in [3.05, 3.63) is 240 Å². The van der Waals surface area contributed by atoms with E-state index in [1.807, 2.05) is 34.6 Å². The maximum Gasteiger partial charge on any atom is -0.0134 e. The van der Waals surface area contributed by atoms with Gasteiger partial charge >= 0.3 is 35.0 Å². The second-order valence-corrected chi connectivity index (χ2v) is 24.7. The summed E-state index contributed by atoms with van der Waals surface area (Å²) < 4.78 is 27.1. The van der Waals surface area contributed by atoms with Crippen molar-refractivity contribution in [3.63, 3.8) is 0 Å². The summed E-state index contributed by atoms with van der Waals surface area (Å²) in [5, 5.41) is 13.7. The first-order chi connectivity index (χ1) is 35.8. The van der Waals surface area contributed by atoms with Gasteiger partial charge in [-0.25, -0.2) is 8.78 Å². The molecule has 0 bridgehead atoms. The molecule has 8 aromatic rings. The third kappa shape index (κ3) is 23.2. The van der Waals surface area contributed by atoms with Crippen LogP contribution >= 0.6 is 50.8 Å². The topological polar surface area (TPSA) is 58.2 Å². The van der Waals surface area contributed by atoms with Gasteiger partial charge in [0.25, 0.3) is 0 Å². The summed E-state index contributed by atoms with van der Waals surface area (Å²) in [7, 11) is 8.74. The minimum absolute atomic E-state index is 0. The molecule has 394 valence electrons. The average Bonchev–Trinajstić information content (AvgIpc) is 3.40. The second kappa shape index (κ2) is 35.9. The molecule has 0 fully saturated rings. The van der Waals surface area contributed by atoms with Crippen molar-refractivity contribution in [2.75, 3.05) is 10.6 Å². The van der Waals surface area contributed by atoms with Crippen LogP contribution in [0.25, 0.3) is 0 Å². The number of halogens is 5. The molecule has 0 aromatic heterocycles. The number of rotatable bonds is 12. The first-order valence-electron chi connectivity index (χ1n) is 23.9. The zero-order chi connectivity index (χ0) is 53.6. The van der Waals surface area contributed by atoms with Gasteiger partial charge < -0.3 is 10.6 Å². The Morgan fingerprint density at radius 2 is 0.773 bits per heavy atom. The van der Waals surface area contributed by atoms with Gasteiger partial charge in [0.15, 0.2) is 0 Å². The Balaban J connectivity index is 0.000000259. The van der Waals surface area contributed by atoms with Crippen molar-refractivity contribution in [1.82, 2.24) is 0 Å². The van der Waals surface area contributed by atoms with Gasteiger partial charge in [-0.3, -0.25) is 9.59 Å². The van der Waals surface area contributed by atoms with Gasteiger partial charge in [0, 0.05) is 18.3 Å². The summed E-state index contributed by atoms with van der Waals surface area (Å²) in [4.78, 5) is 22.8. The Kier molecular flexibility index (Phi) is 30.6. The van der Waals surface area contributed by atoms with E-state index in [9.17, 15) is 18.4 Å². The molecule has 8 aromatic carbocycles. The Hall–Kier alpha value is -5.30.